The number of nitrogens with zero attached hydrogens (tertiary/aromatic N) is 1. The van der Waals surface area contributed by atoms with Crippen molar-refractivity contribution in [3.8, 4) is 0 Å². The van der Waals surface area contributed by atoms with Gasteiger partial charge >= 0.3 is 0 Å². The van der Waals surface area contributed by atoms with Gasteiger partial charge in [0.2, 0.25) is 0 Å². The molecule has 0 aliphatic rings. The second-order valence-electron chi connectivity index (χ2n) is 14.2. The van der Waals surface area contributed by atoms with Crippen LogP contribution >= 0.6 is 0 Å². The molecule has 2 unspecified atom stereocenters. The fourth-order valence-electron chi connectivity index (χ4n) is 6.47. The summed E-state index contributed by atoms with van der Waals surface area (Å²) in [5.41, 5.74) is 0. The molecule has 0 aliphatic heterocycles. The molecule has 0 aromatic carbocycles. The normalized spacial score (nSPS) is 14.0. The lowest BCUT2D eigenvalue weighted by atomic mass is 10.0. The zero-order valence-electron chi connectivity index (χ0n) is 29.5. The van der Waals surface area contributed by atoms with Gasteiger partial charge in [0.25, 0.3) is 0 Å². The van der Waals surface area contributed by atoms with Crippen LogP contribution in [0, 0.1) is 0 Å². The second-order valence-corrected chi connectivity index (χ2v) is 14.2. The molecular formula is C39H82NO+. The van der Waals surface area contributed by atoms with Crippen molar-refractivity contribution in [2.75, 3.05) is 13.6 Å². The molecule has 0 saturated carbocycles. The Morgan fingerprint density at radius 1 is 0.366 bits per heavy atom. The van der Waals surface area contributed by atoms with E-state index in [0.717, 1.165) is 6.54 Å². The molecule has 0 amide bonds. The van der Waals surface area contributed by atoms with Crippen LogP contribution in [-0.4, -0.2) is 29.5 Å². The summed E-state index contributed by atoms with van der Waals surface area (Å²) >= 11 is 0. The molecule has 2 nitrogen and oxygen atoms in total. The quantitative estimate of drug-likeness (QED) is 0.0449. The predicted octanol–water partition coefficient (Wildman–Crippen LogP) is 14.1. The summed E-state index contributed by atoms with van der Waals surface area (Å²) in [7, 11) is 2.04. The standard InChI is InChI=1S/C39H82NO/c1-5-7-9-11-13-15-17-19-21-23-25-27-29-31-33-35-37-39(3)40(4,41)38-36-34-32-30-28-26-24-22-20-18-16-14-12-10-8-6-2/h39,41H,5-38H2,1-4H3/q+1. The van der Waals surface area contributed by atoms with E-state index in [1.807, 2.05) is 7.05 Å². The molecule has 1 N–H and O–H groups in total. The van der Waals surface area contributed by atoms with Gasteiger partial charge in [-0.3, -0.25) is 0 Å². The molecule has 0 aromatic heterocycles. The third kappa shape index (κ3) is 31.2. The van der Waals surface area contributed by atoms with Gasteiger partial charge < -0.3 is 0 Å². The molecule has 2 atom stereocenters. The largest absolute Gasteiger partial charge is 0.217 e. The highest BCUT2D eigenvalue weighted by Crippen LogP contribution is 2.19. The third-order valence-electron chi connectivity index (χ3n) is 9.89. The van der Waals surface area contributed by atoms with Crippen LogP contribution in [0.25, 0.3) is 0 Å². The van der Waals surface area contributed by atoms with Crippen LogP contribution in [0.1, 0.15) is 233 Å². The second kappa shape index (κ2) is 32.8. The maximum Gasteiger partial charge on any atom is 0.116 e. The Morgan fingerprint density at radius 3 is 0.854 bits per heavy atom. The van der Waals surface area contributed by atoms with E-state index < -0.39 is 0 Å². The van der Waals surface area contributed by atoms with Gasteiger partial charge in [0.05, 0.1) is 7.05 Å². The lowest BCUT2D eigenvalue weighted by Crippen LogP contribution is -2.48. The van der Waals surface area contributed by atoms with Gasteiger partial charge in [-0.25, -0.2) is 5.21 Å². The minimum absolute atomic E-state index is 0.233. The fraction of sp³-hybridized carbons (Fsp3) is 1.00. The Morgan fingerprint density at radius 2 is 0.585 bits per heavy atom. The molecule has 0 aliphatic carbocycles. The predicted molar refractivity (Wildman–Crippen MR) is 186 cm³/mol. The number of unbranched alkanes of at least 4 members (excludes halogenated alkanes) is 30. The van der Waals surface area contributed by atoms with Crippen LogP contribution in [0.2, 0.25) is 0 Å². The molecule has 0 heterocycles. The smallest absolute Gasteiger partial charge is 0.116 e. The van der Waals surface area contributed by atoms with Gasteiger partial charge in [-0.2, -0.15) is 4.65 Å². The SMILES string of the molecule is CCCCCCCCCCCCCCCCCCC(C)[N+](C)(O)CCCCCCCCCCCCCCCCCC. The van der Waals surface area contributed by atoms with Gasteiger partial charge in [-0.15, -0.1) is 0 Å². The Labute approximate surface area is 261 Å². The summed E-state index contributed by atoms with van der Waals surface area (Å²) in [6, 6.07) is 0.373. The summed E-state index contributed by atoms with van der Waals surface area (Å²) in [6.45, 7) is 7.79. The van der Waals surface area contributed by atoms with Crippen molar-refractivity contribution in [1.29, 1.82) is 0 Å². The number of quaternary nitrogens is 1. The minimum atomic E-state index is 0.233. The molecule has 41 heavy (non-hydrogen) atoms. The fourth-order valence-corrected chi connectivity index (χ4v) is 6.47. The molecule has 0 rings (SSSR count). The summed E-state index contributed by atoms with van der Waals surface area (Å²) < 4.78 is 0.233. The monoisotopic (exact) mass is 581 g/mol. The highest BCUT2D eigenvalue weighted by atomic mass is 16.5. The van der Waals surface area contributed by atoms with Crippen molar-refractivity contribution in [3.05, 3.63) is 0 Å². The van der Waals surface area contributed by atoms with Crippen LogP contribution in [-0.2, 0) is 0 Å². The van der Waals surface area contributed by atoms with E-state index in [1.165, 1.54) is 212 Å². The molecule has 0 bridgehead atoms. The average Bonchev–Trinajstić information content (AvgIpc) is 2.96. The van der Waals surface area contributed by atoms with Crippen LogP contribution in [0.4, 0.5) is 0 Å². The molecule has 0 aromatic rings. The first kappa shape index (κ1) is 40.9. The topological polar surface area (TPSA) is 20.2 Å². The van der Waals surface area contributed by atoms with E-state index in [1.54, 1.807) is 0 Å². The Kier molecular flexibility index (Phi) is 32.8. The van der Waals surface area contributed by atoms with Gasteiger partial charge in [0.1, 0.15) is 12.6 Å². The minimum Gasteiger partial charge on any atom is -0.217 e. The zero-order chi connectivity index (χ0) is 30.1. The maximum atomic E-state index is 11.0. The summed E-state index contributed by atoms with van der Waals surface area (Å²) in [6.07, 6.45) is 46.4. The van der Waals surface area contributed by atoms with Crippen LogP contribution in [0.15, 0.2) is 0 Å². The first-order valence-corrected chi connectivity index (χ1v) is 19.6. The van der Waals surface area contributed by atoms with E-state index in [-0.39, 0.29) is 4.65 Å². The molecule has 0 radical (unpaired) electrons. The molecular weight excluding hydrogens is 498 g/mol. The van der Waals surface area contributed by atoms with Gasteiger partial charge in [0, 0.05) is 6.42 Å². The summed E-state index contributed by atoms with van der Waals surface area (Å²) in [5, 5.41) is 11.0. The Balaban J connectivity index is 3.39. The van der Waals surface area contributed by atoms with Crippen molar-refractivity contribution in [1.82, 2.24) is 0 Å². The van der Waals surface area contributed by atoms with Gasteiger partial charge in [-0.1, -0.05) is 200 Å². The maximum absolute atomic E-state index is 11.0. The van der Waals surface area contributed by atoms with Gasteiger partial charge in [0.15, 0.2) is 0 Å². The molecule has 0 saturated heterocycles. The van der Waals surface area contributed by atoms with Gasteiger partial charge in [-0.05, 0) is 26.2 Å². The Bertz CT molecular complexity index is 476. The number of hydrogen-bond acceptors (Lipinski definition) is 1. The molecule has 0 fully saturated rings. The molecule has 0 spiro atoms. The van der Waals surface area contributed by atoms with E-state index in [0.29, 0.717) is 6.04 Å². The number of hydrogen-bond donors (Lipinski definition) is 1. The van der Waals surface area contributed by atoms with Crippen molar-refractivity contribution in [2.24, 2.45) is 0 Å². The third-order valence-corrected chi connectivity index (χ3v) is 9.89. The lowest BCUT2D eigenvalue weighted by Gasteiger charge is -2.32. The average molecular weight is 581 g/mol. The van der Waals surface area contributed by atoms with E-state index in [2.05, 4.69) is 20.8 Å². The van der Waals surface area contributed by atoms with E-state index in [4.69, 9.17) is 0 Å². The molecule has 2 heteroatoms. The first-order valence-electron chi connectivity index (χ1n) is 19.6. The number of hydroxylamine groups is 3. The van der Waals surface area contributed by atoms with Crippen molar-refractivity contribution >= 4 is 0 Å². The lowest BCUT2D eigenvalue weighted by molar-refractivity contribution is -1.10. The molecule has 248 valence electrons. The number of rotatable bonds is 35. The summed E-state index contributed by atoms with van der Waals surface area (Å²) in [5.74, 6) is 0. The Hall–Kier alpha value is -0.0800. The highest BCUT2D eigenvalue weighted by Gasteiger charge is 2.26. The van der Waals surface area contributed by atoms with Crippen molar-refractivity contribution < 1.29 is 9.85 Å². The summed E-state index contributed by atoms with van der Waals surface area (Å²) in [4.78, 5) is 0. The first-order chi connectivity index (χ1) is 20.0. The van der Waals surface area contributed by atoms with Crippen molar-refractivity contribution in [2.45, 2.75) is 239 Å². The zero-order valence-corrected chi connectivity index (χ0v) is 29.5. The van der Waals surface area contributed by atoms with Crippen molar-refractivity contribution in [3.63, 3.8) is 0 Å². The van der Waals surface area contributed by atoms with Crippen LogP contribution in [0.5, 0.6) is 0 Å². The highest BCUT2D eigenvalue weighted by molar-refractivity contribution is 4.55. The van der Waals surface area contributed by atoms with E-state index >= 15 is 0 Å². The van der Waals surface area contributed by atoms with E-state index in [9.17, 15) is 5.21 Å². The van der Waals surface area contributed by atoms with Crippen LogP contribution in [0.3, 0.4) is 0 Å². The van der Waals surface area contributed by atoms with Crippen LogP contribution < -0.4 is 0 Å².